The number of anilines is 1. The average Bonchev–Trinajstić information content (AvgIpc) is 3.55. The summed E-state index contributed by atoms with van der Waals surface area (Å²) in [5.41, 5.74) is 2.75. The van der Waals surface area contributed by atoms with Crippen LogP contribution in [0.4, 0.5) is 17.1 Å². The van der Waals surface area contributed by atoms with Crippen molar-refractivity contribution < 1.29 is 14.5 Å². The maximum Gasteiger partial charge on any atom is 0.283 e. The Balaban J connectivity index is 1.20. The molecule has 2 heterocycles. The van der Waals surface area contributed by atoms with E-state index >= 15 is 0 Å². The predicted molar refractivity (Wildman–Crippen MR) is 173 cm³/mol. The van der Waals surface area contributed by atoms with Gasteiger partial charge in [0.1, 0.15) is 0 Å². The topological polar surface area (TPSA) is 127 Å². The number of thiazole rings is 1. The Hall–Kier alpha value is -4.49. The van der Waals surface area contributed by atoms with E-state index in [0.29, 0.717) is 52.3 Å². The summed E-state index contributed by atoms with van der Waals surface area (Å²) in [4.78, 5) is 46.5. The summed E-state index contributed by atoms with van der Waals surface area (Å²) in [5, 5.41) is 18.3. The van der Waals surface area contributed by atoms with Crippen molar-refractivity contribution in [3.05, 3.63) is 122 Å². The van der Waals surface area contributed by atoms with E-state index in [1.807, 2.05) is 30.3 Å². The van der Waals surface area contributed by atoms with Crippen LogP contribution in [0.15, 0.2) is 110 Å². The van der Waals surface area contributed by atoms with Crippen molar-refractivity contribution in [3.8, 4) is 0 Å². The molecule has 212 valence electrons. The number of carbonyl (C=O) groups excluding carboxylic acids is 2. The second kappa shape index (κ2) is 12.4. The Labute approximate surface area is 262 Å². The van der Waals surface area contributed by atoms with Crippen LogP contribution < -0.4 is 10.6 Å². The van der Waals surface area contributed by atoms with Crippen LogP contribution in [0.5, 0.6) is 0 Å². The van der Waals surface area contributed by atoms with Gasteiger partial charge in [-0.1, -0.05) is 59.8 Å². The van der Waals surface area contributed by atoms with Gasteiger partial charge in [-0.05, 0) is 71.9 Å². The van der Waals surface area contributed by atoms with Gasteiger partial charge in [0.2, 0.25) is 0 Å². The lowest BCUT2D eigenvalue weighted by atomic mass is 10.2. The normalized spacial score (nSPS) is 14.8. The number of carbonyl (C=O) groups is 2. The maximum atomic E-state index is 12.7. The third kappa shape index (κ3) is 6.62. The Bertz CT molecular complexity index is 1980. The molecular formula is C30H18ClN5O4S3. The third-order valence-electron chi connectivity index (χ3n) is 6.06. The molecule has 1 fully saturated rings. The number of aromatic nitrogens is 1. The SMILES string of the molecule is O=C1NC(=Nc2ccccc2)S/C1=C\c1ccc(Sc2nc3ccc(NC(=O)c4ccccc4Cl)cc3s2)c([N+](=O)[O-])c1. The van der Waals surface area contributed by atoms with E-state index in [1.165, 1.54) is 40.9 Å². The number of hydrogen-bond donors (Lipinski definition) is 2. The van der Waals surface area contributed by atoms with E-state index in [2.05, 4.69) is 20.6 Å². The minimum Gasteiger partial charge on any atom is -0.322 e. The minimum absolute atomic E-state index is 0.104. The predicted octanol–water partition coefficient (Wildman–Crippen LogP) is 8.15. The van der Waals surface area contributed by atoms with Gasteiger partial charge in [0.05, 0.1) is 41.2 Å². The number of halogens is 1. The molecule has 1 aliphatic heterocycles. The highest BCUT2D eigenvalue weighted by Crippen LogP contribution is 2.40. The first-order chi connectivity index (χ1) is 20.8. The number of nitro benzene ring substituents is 1. The van der Waals surface area contributed by atoms with Crippen LogP contribution in [0.3, 0.4) is 0 Å². The lowest BCUT2D eigenvalue weighted by Crippen LogP contribution is -2.19. The van der Waals surface area contributed by atoms with Crippen molar-refractivity contribution in [2.24, 2.45) is 4.99 Å². The van der Waals surface area contributed by atoms with E-state index in [9.17, 15) is 19.7 Å². The molecule has 9 nitrogen and oxygen atoms in total. The van der Waals surface area contributed by atoms with Crippen molar-refractivity contribution in [1.29, 1.82) is 0 Å². The summed E-state index contributed by atoms with van der Waals surface area (Å²) in [6, 6.07) is 26.1. The van der Waals surface area contributed by atoms with Crippen LogP contribution in [0.1, 0.15) is 15.9 Å². The van der Waals surface area contributed by atoms with Crippen LogP contribution in [-0.2, 0) is 4.79 Å². The molecule has 0 spiro atoms. The van der Waals surface area contributed by atoms with Crippen molar-refractivity contribution in [3.63, 3.8) is 0 Å². The lowest BCUT2D eigenvalue weighted by molar-refractivity contribution is -0.387. The summed E-state index contributed by atoms with van der Waals surface area (Å²) in [5.74, 6) is -0.652. The quantitative estimate of drug-likeness (QED) is 0.104. The Morgan fingerprint density at radius 1 is 1.05 bits per heavy atom. The van der Waals surface area contributed by atoms with E-state index in [0.717, 1.165) is 4.70 Å². The molecule has 0 saturated carbocycles. The summed E-state index contributed by atoms with van der Waals surface area (Å²) in [6.45, 7) is 0. The first kappa shape index (κ1) is 28.6. The molecule has 13 heteroatoms. The molecule has 0 atom stereocenters. The molecule has 0 radical (unpaired) electrons. The molecule has 1 saturated heterocycles. The van der Waals surface area contributed by atoms with Gasteiger partial charge < -0.3 is 10.6 Å². The number of nitro groups is 1. The number of benzene rings is 4. The zero-order chi connectivity index (χ0) is 29.9. The molecule has 4 aromatic carbocycles. The fraction of sp³-hybridized carbons (Fsp3) is 0. The molecule has 1 aliphatic rings. The van der Waals surface area contributed by atoms with Crippen molar-refractivity contribution in [2.45, 2.75) is 9.24 Å². The molecule has 2 amide bonds. The van der Waals surface area contributed by atoms with Gasteiger partial charge in [-0.2, -0.15) is 0 Å². The molecule has 0 bridgehead atoms. The molecule has 0 unspecified atom stereocenters. The molecular weight excluding hydrogens is 626 g/mol. The molecule has 0 aliphatic carbocycles. The fourth-order valence-corrected chi connectivity index (χ4v) is 7.28. The highest BCUT2D eigenvalue weighted by Gasteiger charge is 2.25. The van der Waals surface area contributed by atoms with Crippen molar-refractivity contribution >= 4 is 96.8 Å². The van der Waals surface area contributed by atoms with Crippen LogP contribution in [0.25, 0.3) is 16.3 Å². The zero-order valence-electron chi connectivity index (χ0n) is 21.8. The van der Waals surface area contributed by atoms with Crippen LogP contribution in [-0.4, -0.2) is 26.9 Å². The van der Waals surface area contributed by atoms with Gasteiger partial charge in [0, 0.05) is 11.8 Å². The van der Waals surface area contributed by atoms with E-state index in [4.69, 9.17) is 11.6 Å². The number of thioether (sulfide) groups is 1. The van der Waals surface area contributed by atoms with Crippen LogP contribution in [0.2, 0.25) is 5.02 Å². The highest BCUT2D eigenvalue weighted by molar-refractivity contribution is 8.18. The minimum atomic E-state index is -0.454. The highest BCUT2D eigenvalue weighted by atomic mass is 35.5. The fourth-order valence-electron chi connectivity index (χ4n) is 4.07. The molecule has 6 rings (SSSR count). The van der Waals surface area contributed by atoms with Gasteiger partial charge in [-0.15, -0.1) is 11.3 Å². The largest absolute Gasteiger partial charge is 0.322 e. The standard InChI is InChI=1S/C30H18ClN5O4S3/c31-21-9-5-4-8-20(21)27(37)32-19-11-12-22-25(16-19)43-30(34-22)42-24-13-10-17(14-23(24)36(39)40)15-26-28(38)35-29(41-26)33-18-6-2-1-3-7-18/h1-16H,(H,32,37)(H,33,35,38)/b26-15-. The molecule has 5 aromatic rings. The summed E-state index contributed by atoms with van der Waals surface area (Å²) >= 11 is 9.84. The average molecular weight is 644 g/mol. The third-order valence-corrected chi connectivity index (χ3v) is 9.44. The molecule has 1 aromatic heterocycles. The van der Waals surface area contributed by atoms with E-state index < -0.39 is 4.92 Å². The molecule has 43 heavy (non-hydrogen) atoms. The number of aliphatic imine (C=N–C) groups is 1. The monoisotopic (exact) mass is 643 g/mol. The first-order valence-corrected chi connectivity index (χ1v) is 15.4. The molecule has 2 N–H and O–H groups in total. The number of rotatable bonds is 7. The van der Waals surface area contributed by atoms with Crippen LogP contribution >= 0.6 is 46.5 Å². The maximum absolute atomic E-state index is 12.7. The van der Waals surface area contributed by atoms with E-state index in [-0.39, 0.29) is 17.5 Å². The Morgan fingerprint density at radius 3 is 2.63 bits per heavy atom. The summed E-state index contributed by atoms with van der Waals surface area (Å²) in [6.07, 6.45) is 1.60. The number of nitrogens with one attached hydrogen (secondary N) is 2. The van der Waals surface area contributed by atoms with Crippen molar-refractivity contribution in [1.82, 2.24) is 10.3 Å². The van der Waals surface area contributed by atoms with Gasteiger partial charge in [0.15, 0.2) is 9.51 Å². The second-order valence-electron chi connectivity index (χ2n) is 9.00. The van der Waals surface area contributed by atoms with Gasteiger partial charge in [-0.25, -0.2) is 9.98 Å². The number of hydrogen-bond acceptors (Lipinski definition) is 9. The van der Waals surface area contributed by atoms with Gasteiger partial charge in [0.25, 0.3) is 17.5 Å². The zero-order valence-corrected chi connectivity index (χ0v) is 25.0. The Morgan fingerprint density at radius 2 is 1.84 bits per heavy atom. The van der Waals surface area contributed by atoms with Crippen molar-refractivity contribution in [2.75, 3.05) is 5.32 Å². The van der Waals surface area contributed by atoms with Crippen LogP contribution in [0, 0.1) is 10.1 Å². The number of nitrogens with zero attached hydrogens (tertiary/aromatic N) is 3. The number of amides is 2. The van der Waals surface area contributed by atoms with E-state index in [1.54, 1.807) is 60.7 Å². The number of para-hydroxylation sites is 1. The smallest absolute Gasteiger partial charge is 0.283 e. The first-order valence-electron chi connectivity index (χ1n) is 12.6. The lowest BCUT2D eigenvalue weighted by Gasteiger charge is -2.06. The summed E-state index contributed by atoms with van der Waals surface area (Å²) < 4.78 is 1.41. The van der Waals surface area contributed by atoms with Gasteiger partial charge in [-0.3, -0.25) is 19.7 Å². The number of amidine groups is 1. The second-order valence-corrected chi connectivity index (χ2v) is 12.8. The Kier molecular flexibility index (Phi) is 8.25. The van der Waals surface area contributed by atoms with Gasteiger partial charge >= 0.3 is 0 Å². The number of fused-ring (bicyclic) bond motifs is 1. The summed E-state index contributed by atoms with van der Waals surface area (Å²) in [7, 11) is 0.